The fraction of sp³-hybridized carbons (Fsp3) is 0.778. The minimum Gasteiger partial charge on any atom is -0.365 e. The molecule has 0 bridgehead atoms. The first-order chi connectivity index (χ1) is 6.13. The topological polar surface area (TPSA) is 62.1 Å². The van der Waals surface area contributed by atoms with E-state index < -0.39 is 6.04 Å². The lowest BCUT2D eigenvalue weighted by molar-refractivity contribution is -0.132. The van der Waals surface area contributed by atoms with Crippen molar-refractivity contribution in [3.63, 3.8) is 0 Å². The third-order valence-electron chi connectivity index (χ3n) is 2.08. The summed E-state index contributed by atoms with van der Waals surface area (Å²) in [5.74, 6) is -0.168. The summed E-state index contributed by atoms with van der Waals surface area (Å²) < 4.78 is 5.35. The van der Waals surface area contributed by atoms with Gasteiger partial charge >= 0.3 is 0 Å². The zero-order valence-electron chi connectivity index (χ0n) is 7.91. The predicted octanol–water partition coefficient (Wildman–Crippen LogP) is 0.582. The second-order valence-electron chi connectivity index (χ2n) is 3.37. The predicted molar refractivity (Wildman–Crippen MR) is 46.8 cm³/mol. The Labute approximate surface area is 77.9 Å². The molecule has 1 saturated heterocycles. The van der Waals surface area contributed by atoms with Gasteiger partial charge in [0.15, 0.2) is 0 Å². The number of hydrogen-bond acceptors (Lipinski definition) is 3. The monoisotopic (exact) mass is 182 g/mol. The van der Waals surface area contributed by atoms with Crippen LogP contribution >= 0.6 is 0 Å². The zero-order valence-corrected chi connectivity index (χ0v) is 7.91. The van der Waals surface area contributed by atoms with Crippen LogP contribution in [0.25, 0.3) is 0 Å². The minimum atomic E-state index is -0.438. The average Bonchev–Trinajstić information content (AvgIpc) is 2.51. The van der Waals surface area contributed by atoms with Gasteiger partial charge in [-0.3, -0.25) is 4.79 Å². The summed E-state index contributed by atoms with van der Waals surface area (Å²) in [6.45, 7) is 3.59. The number of ether oxygens (including phenoxy) is 1. The second kappa shape index (κ2) is 4.24. The smallest absolute Gasteiger partial charge is 0.250 e. The molecular formula is C9H14N2O2. The number of carbonyl (C=O) groups excluding carboxylic acids is 1. The quantitative estimate of drug-likeness (QED) is 0.679. The van der Waals surface area contributed by atoms with Crippen molar-refractivity contribution in [2.24, 2.45) is 0 Å². The van der Waals surface area contributed by atoms with E-state index in [9.17, 15) is 4.79 Å². The van der Waals surface area contributed by atoms with Crippen molar-refractivity contribution in [2.45, 2.75) is 44.9 Å². The number of nitriles is 1. The average molecular weight is 182 g/mol. The van der Waals surface area contributed by atoms with Gasteiger partial charge in [-0.2, -0.15) is 5.26 Å². The fourth-order valence-corrected chi connectivity index (χ4v) is 1.33. The van der Waals surface area contributed by atoms with Gasteiger partial charge in [-0.25, -0.2) is 0 Å². The highest BCUT2D eigenvalue weighted by molar-refractivity contribution is 5.81. The third kappa shape index (κ3) is 2.71. The maximum atomic E-state index is 11.4. The van der Waals surface area contributed by atoms with Crippen molar-refractivity contribution in [1.29, 1.82) is 5.26 Å². The van der Waals surface area contributed by atoms with Crippen LogP contribution in [0.1, 0.15) is 26.7 Å². The molecule has 72 valence electrons. The van der Waals surface area contributed by atoms with E-state index in [2.05, 4.69) is 5.32 Å². The summed E-state index contributed by atoms with van der Waals surface area (Å²) in [6.07, 6.45) is 1.48. The summed E-state index contributed by atoms with van der Waals surface area (Å²) in [4.78, 5) is 11.4. The lowest BCUT2D eigenvalue weighted by atomic mass is 10.2. The largest absolute Gasteiger partial charge is 0.365 e. The van der Waals surface area contributed by atoms with E-state index in [1.54, 1.807) is 6.92 Å². The molecule has 13 heavy (non-hydrogen) atoms. The summed E-state index contributed by atoms with van der Waals surface area (Å²) >= 11 is 0. The van der Waals surface area contributed by atoms with Crippen LogP contribution < -0.4 is 5.32 Å². The van der Waals surface area contributed by atoms with Crippen LogP contribution in [0.2, 0.25) is 0 Å². The Bertz CT molecular complexity index is 234. The highest BCUT2D eigenvalue weighted by Gasteiger charge is 2.28. The molecule has 0 radical (unpaired) electrons. The molecule has 3 unspecified atom stereocenters. The molecule has 1 rings (SSSR count). The van der Waals surface area contributed by atoms with Crippen LogP contribution in [-0.2, 0) is 9.53 Å². The molecule has 0 aromatic rings. The van der Waals surface area contributed by atoms with Crippen molar-refractivity contribution in [3.05, 3.63) is 0 Å². The van der Waals surface area contributed by atoms with Crippen molar-refractivity contribution in [3.8, 4) is 6.07 Å². The molecule has 0 saturated carbocycles. The first-order valence-corrected chi connectivity index (χ1v) is 4.49. The van der Waals surface area contributed by atoms with Crippen LogP contribution in [-0.4, -0.2) is 24.2 Å². The molecule has 3 atom stereocenters. The number of rotatable bonds is 2. The van der Waals surface area contributed by atoms with Crippen molar-refractivity contribution in [1.82, 2.24) is 5.32 Å². The first kappa shape index (κ1) is 10.0. The van der Waals surface area contributed by atoms with Crippen LogP contribution in [0.5, 0.6) is 0 Å². The lowest BCUT2D eigenvalue weighted by Gasteiger charge is -2.12. The van der Waals surface area contributed by atoms with Gasteiger partial charge in [0.25, 0.3) is 0 Å². The van der Waals surface area contributed by atoms with Crippen LogP contribution in [0.3, 0.4) is 0 Å². The molecule has 1 fully saturated rings. The third-order valence-corrected chi connectivity index (χ3v) is 2.08. The molecular weight excluding hydrogens is 168 g/mol. The number of nitrogens with one attached hydrogen (secondary N) is 1. The van der Waals surface area contributed by atoms with E-state index in [0.29, 0.717) is 0 Å². The maximum Gasteiger partial charge on any atom is 0.250 e. The van der Waals surface area contributed by atoms with E-state index in [1.165, 1.54) is 0 Å². The molecule has 0 aliphatic carbocycles. The van der Waals surface area contributed by atoms with Gasteiger partial charge in [0.1, 0.15) is 12.1 Å². The Kier molecular flexibility index (Phi) is 3.26. The SMILES string of the molecule is CC(C#N)NC(=O)C1CCC(C)O1. The Morgan fingerprint density at radius 1 is 1.69 bits per heavy atom. The maximum absolute atomic E-state index is 11.4. The molecule has 1 heterocycles. The van der Waals surface area contributed by atoms with Crippen LogP contribution in [0, 0.1) is 11.3 Å². The van der Waals surface area contributed by atoms with Gasteiger partial charge in [-0.05, 0) is 26.7 Å². The Morgan fingerprint density at radius 2 is 2.38 bits per heavy atom. The summed E-state index contributed by atoms with van der Waals surface area (Å²) in [6, 6.07) is 1.51. The van der Waals surface area contributed by atoms with Crippen LogP contribution in [0.4, 0.5) is 0 Å². The highest BCUT2D eigenvalue weighted by Crippen LogP contribution is 2.18. The normalized spacial score (nSPS) is 29.3. The molecule has 1 N–H and O–H groups in total. The van der Waals surface area contributed by atoms with E-state index >= 15 is 0 Å². The highest BCUT2D eigenvalue weighted by atomic mass is 16.5. The van der Waals surface area contributed by atoms with Gasteiger partial charge in [-0.15, -0.1) is 0 Å². The molecule has 4 nitrogen and oxygen atoms in total. The standard InChI is InChI=1S/C9H14N2O2/c1-6(5-10)11-9(12)8-4-3-7(2)13-8/h6-8H,3-4H2,1-2H3,(H,11,12). The second-order valence-corrected chi connectivity index (χ2v) is 3.37. The van der Waals surface area contributed by atoms with E-state index in [1.807, 2.05) is 13.0 Å². The fourth-order valence-electron chi connectivity index (χ4n) is 1.33. The van der Waals surface area contributed by atoms with Gasteiger partial charge in [0, 0.05) is 0 Å². The number of hydrogen-bond donors (Lipinski definition) is 1. The lowest BCUT2D eigenvalue weighted by Crippen LogP contribution is -2.39. The Hall–Kier alpha value is -1.08. The summed E-state index contributed by atoms with van der Waals surface area (Å²) in [5, 5.41) is 11.0. The van der Waals surface area contributed by atoms with Crippen molar-refractivity contribution >= 4 is 5.91 Å². The van der Waals surface area contributed by atoms with Gasteiger partial charge in [-0.1, -0.05) is 0 Å². The molecule has 0 spiro atoms. The summed E-state index contributed by atoms with van der Waals surface area (Å²) in [7, 11) is 0. The molecule has 1 aliphatic heterocycles. The molecule has 0 aromatic heterocycles. The van der Waals surface area contributed by atoms with Crippen molar-refractivity contribution in [2.75, 3.05) is 0 Å². The van der Waals surface area contributed by atoms with Crippen LogP contribution in [0.15, 0.2) is 0 Å². The molecule has 4 heteroatoms. The van der Waals surface area contributed by atoms with Crippen molar-refractivity contribution < 1.29 is 9.53 Å². The molecule has 0 aromatic carbocycles. The number of nitrogens with zero attached hydrogens (tertiary/aromatic N) is 1. The molecule has 1 aliphatic rings. The Balaban J connectivity index is 2.37. The van der Waals surface area contributed by atoms with E-state index in [-0.39, 0.29) is 18.1 Å². The summed E-state index contributed by atoms with van der Waals surface area (Å²) in [5.41, 5.74) is 0. The van der Waals surface area contributed by atoms with Gasteiger partial charge in [0.2, 0.25) is 5.91 Å². The molecule has 1 amide bonds. The van der Waals surface area contributed by atoms with E-state index in [4.69, 9.17) is 10.00 Å². The number of amides is 1. The van der Waals surface area contributed by atoms with Gasteiger partial charge in [0.05, 0.1) is 12.2 Å². The Morgan fingerprint density at radius 3 is 2.85 bits per heavy atom. The van der Waals surface area contributed by atoms with Gasteiger partial charge < -0.3 is 10.1 Å². The first-order valence-electron chi connectivity index (χ1n) is 4.49. The van der Waals surface area contributed by atoms with E-state index in [0.717, 1.165) is 12.8 Å². The zero-order chi connectivity index (χ0) is 9.84. The number of carbonyl (C=O) groups is 1. The minimum absolute atomic E-state index is 0.160.